The van der Waals surface area contributed by atoms with Crippen molar-refractivity contribution in [3.63, 3.8) is 0 Å². The molecule has 0 aliphatic carbocycles. The fraction of sp³-hybridized carbons (Fsp3) is 0. The van der Waals surface area contributed by atoms with Crippen LogP contribution in [0.2, 0.25) is 0 Å². The summed E-state index contributed by atoms with van der Waals surface area (Å²) in [5.41, 5.74) is 0.959. The Morgan fingerprint density at radius 2 is 2.38 bits per heavy atom. The molecule has 0 aromatic carbocycles. The first-order valence-corrected chi connectivity index (χ1v) is 5.58. The summed E-state index contributed by atoms with van der Waals surface area (Å²) in [6.07, 6.45) is 0. The van der Waals surface area contributed by atoms with E-state index in [0.29, 0.717) is 20.3 Å². The van der Waals surface area contributed by atoms with Gasteiger partial charge in [-0.2, -0.15) is 0 Å². The van der Waals surface area contributed by atoms with Crippen molar-refractivity contribution in [2.24, 2.45) is 0 Å². The van der Waals surface area contributed by atoms with E-state index in [1.807, 2.05) is 0 Å². The molecule has 13 heavy (non-hydrogen) atoms. The zero-order valence-electron chi connectivity index (χ0n) is 6.48. The van der Waals surface area contributed by atoms with Gasteiger partial charge in [0.2, 0.25) is 0 Å². The van der Waals surface area contributed by atoms with Crippen LogP contribution in [0.5, 0.6) is 0 Å². The van der Waals surface area contributed by atoms with E-state index in [4.69, 9.17) is 0 Å². The Morgan fingerprint density at radius 1 is 1.38 bits per heavy atom. The number of nitrogens with zero attached hydrogens (tertiary/aromatic N) is 3. The van der Waals surface area contributed by atoms with E-state index < -0.39 is 0 Å². The van der Waals surface area contributed by atoms with Crippen LogP contribution in [0, 0.1) is 0 Å². The predicted molar refractivity (Wildman–Crippen MR) is 48.4 cm³/mol. The first-order valence-electron chi connectivity index (χ1n) is 3.74. The van der Waals surface area contributed by atoms with Crippen LogP contribution in [0.15, 0.2) is 17.1 Å². The molecule has 2 N–H and O–H groups in total. The Bertz CT molecular complexity index is 491. The molecule has 6 heteroatoms. The van der Waals surface area contributed by atoms with Gasteiger partial charge in [-0.25, -0.2) is 0 Å². The number of aromatic nitrogens is 5. The molecule has 3 aromatic rings. The minimum atomic E-state index is 0.445. The van der Waals surface area contributed by atoms with Crippen LogP contribution in [0.3, 0.4) is 0 Å². The van der Waals surface area contributed by atoms with E-state index in [1.54, 1.807) is 0 Å². The quantitative estimate of drug-likeness (QED) is 0.603. The topological polar surface area (TPSA) is 70.2 Å². The SMILES string of the molecule is c1cc2cc(-c3nnn[nH]3)[nH]c2[se]1. The molecular formula is C7H5N5Se. The average Bonchev–Trinajstić information content (AvgIpc) is 2.78. The molecular weight excluding hydrogens is 233 g/mol. The number of nitrogens with one attached hydrogen (secondary N) is 2. The molecule has 0 atom stereocenters. The molecule has 0 aliphatic rings. The number of hydrogen-bond donors (Lipinski definition) is 2. The fourth-order valence-electron chi connectivity index (χ4n) is 1.25. The van der Waals surface area contributed by atoms with Crippen LogP contribution in [0.4, 0.5) is 0 Å². The van der Waals surface area contributed by atoms with E-state index in [0.717, 1.165) is 5.69 Å². The number of tetrazole rings is 1. The molecule has 0 bridgehead atoms. The molecule has 3 aromatic heterocycles. The third-order valence-corrected chi connectivity index (χ3v) is 3.62. The molecule has 3 heterocycles. The van der Waals surface area contributed by atoms with Gasteiger partial charge in [-0.15, -0.1) is 0 Å². The van der Waals surface area contributed by atoms with Crippen LogP contribution in [0.25, 0.3) is 21.3 Å². The summed E-state index contributed by atoms with van der Waals surface area (Å²) in [7, 11) is 0. The van der Waals surface area contributed by atoms with Crippen LogP contribution < -0.4 is 0 Å². The first kappa shape index (κ1) is 7.06. The van der Waals surface area contributed by atoms with Gasteiger partial charge >= 0.3 is 78.5 Å². The second-order valence-corrected chi connectivity index (χ2v) is 4.56. The third-order valence-electron chi connectivity index (χ3n) is 1.84. The molecule has 0 fully saturated rings. The van der Waals surface area contributed by atoms with Gasteiger partial charge in [0.25, 0.3) is 0 Å². The van der Waals surface area contributed by atoms with Crippen LogP contribution >= 0.6 is 0 Å². The van der Waals surface area contributed by atoms with Gasteiger partial charge in [0, 0.05) is 0 Å². The van der Waals surface area contributed by atoms with Crippen LogP contribution in [-0.4, -0.2) is 40.1 Å². The van der Waals surface area contributed by atoms with Crippen LogP contribution in [0.1, 0.15) is 0 Å². The van der Waals surface area contributed by atoms with E-state index in [2.05, 4.69) is 42.7 Å². The van der Waals surface area contributed by atoms with Gasteiger partial charge in [0.1, 0.15) is 0 Å². The van der Waals surface area contributed by atoms with Crippen molar-refractivity contribution in [2.45, 2.75) is 0 Å². The van der Waals surface area contributed by atoms with Crippen LogP contribution in [-0.2, 0) is 0 Å². The molecule has 3 rings (SSSR count). The van der Waals surface area contributed by atoms with Crippen molar-refractivity contribution in [1.82, 2.24) is 25.6 Å². The summed E-state index contributed by atoms with van der Waals surface area (Å²) < 4.78 is 1.29. The van der Waals surface area contributed by atoms with Gasteiger partial charge in [-0.3, -0.25) is 0 Å². The Morgan fingerprint density at radius 3 is 3.15 bits per heavy atom. The Kier molecular flexibility index (Phi) is 1.38. The van der Waals surface area contributed by atoms with E-state index in [9.17, 15) is 0 Å². The third kappa shape index (κ3) is 1.03. The van der Waals surface area contributed by atoms with Crippen molar-refractivity contribution < 1.29 is 0 Å². The van der Waals surface area contributed by atoms with E-state index in [-0.39, 0.29) is 0 Å². The molecule has 0 spiro atoms. The van der Waals surface area contributed by atoms with Gasteiger partial charge < -0.3 is 0 Å². The second kappa shape index (κ2) is 2.55. The van der Waals surface area contributed by atoms with Crippen molar-refractivity contribution >= 4 is 24.3 Å². The maximum absolute atomic E-state index is 3.83. The van der Waals surface area contributed by atoms with Gasteiger partial charge in [-0.1, -0.05) is 0 Å². The molecule has 0 unspecified atom stereocenters. The molecule has 64 valence electrons. The standard InChI is InChI=1S/C7H5N5Se/c1-2-13-7-4(1)3-5(8-7)6-9-11-12-10-6/h1-3,8H,(H,9,10,11,12). The molecule has 0 saturated carbocycles. The van der Waals surface area contributed by atoms with Gasteiger partial charge in [-0.05, 0) is 0 Å². The fourth-order valence-corrected chi connectivity index (χ4v) is 2.89. The average molecular weight is 238 g/mol. The molecule has 0 aliphatic heterocycles. The molecule has 0 amide bonds. The summed E-state index contributed by atoms with van der Waals surface area (Å²) in [4.78, 5) is 5.48. The zero-order chi connectivity index (χ0) is 8.67. The summed E-state index contributed by atoms with van der Waals surface area (Å²) in [5.74, 6) is 0.693. The molecule has 5 nitrogen and oxygen atoms in total. The van der Waals surface area contributed by atoms with Crippen molar-refractivity contribution in [3.05, 3.63) is 17.1 Å². The minimum absolute atomic E-state index is 0.445. The summed E-state index contributed by atoms with van der Waals surface area (Å²) in [6.45, 7) is 0. The predicted octanol–water partition coefficient (Wildman–Crippen LogP) is 0.405. The number of aromatic amines is 2. The number of rotatable bonds is 1. The van der Waals surface area contributed by atoms with Crippen molar-refractivity contribution in [3.8, 4) is 11.5 Å². The number of H-pyrrole nitrogens is 2. The molecule has 0 saturated heterocycles. The Labute approximate surface area is 78.9 Å². The summed E-state index contributed by atoms with van der Waals surface area (Å²) in [6, 6.07) is 4.18. The number of fused-ring (bicyclic) bond motifs is 1. The van der Waals surface area contributed by atoms with E-state index in [1.165, 1.54) is 9.78 Å². The maximum atomic E-state index is 3.83. The second-order valence-electron chi connectivity index (χ2n) is 2.64. The summed E-state index contributed by atoms with van der Waals surface area (Å²) >= 11 is 0.445. The van der Waals surface area contributed by atoms with Gasteiger partial charge in [0.15, 0.2) is 0 Å². The van der Waals surface area contributed by atoms with Crippen molar-refractivity contribution in [1.29, 1.82) is 0 Å². The summed E-state index contributed by atoms with van der Waals surface area (Å²) in [5, 5.41) is 14.9. The normalized spacial score (nSPS) is 11.1. The zero-order valence-corrected chi connectivity index (χ0v) is 8.20. The van der Waals surface area contributed by atoms with E-state index >= 15 is 0 Å². The number of hydrogen-bond acceptors (Lipinski definition) is 3. The van der Waals surface area contributed by atoms with Crippen molar-refractivity contribution in [2.75, 3.05) is 0 Å². The molecule has 0 radical (unpaired) electrons. The Balaban J connectivity index is 2.23. The monoisotopic (exact) mass is 239 g/mol. The van der Waals surface area contributed by atoms with Gasteiger partial charge in [0.05, 0.1) is 0 Å². The first-order chi connectivity index (χ1) is 6.43. The Hall–Kier alpha value is -1.39.